The lowest BCUT2D eigenvalue weighted by Crippen LogP contribution is -2.17. The first-order chi connectivity index (χ1) is 16.6. The topological polar surface area (TPSA) is 79.4 Å². The fourth-order valence-corrected chi connectivity index (χ4v) is 3.74. The Morgan fingerprint density at radius 2 is 1.74 bits per heavy atom. The molecule has 1 amide bonds. The number of aromatic nitrogens is 1. The molecular formula is C28H24N4O2. The molecule has 0 unspecified atom stereocenters. The number of hydrogen-bond acceptors (Lipinski definition) is 4. The molecule has 4 rings (SSSR count). The number of ether oxygens (including phenoxy) is 1. The monoisotopic (exact) mass is 448 g/mol. The smallest absolute Gasteiger partial charge is 0.271 e. The molecule has 6 heteroatoms. The van der Waals surface area contributed by atoms with Gasteiger partial charge in [-0.25, -0.2) is 5.43 Å². The van der Waals surface area contributed by atoms with Crippen molar-refractivity contribution in [2.75, 3.05) is 0 Å². The van der Waals surface area contributed by atoms with Crippen molar-refractivity contribution in [1.82, 2.24) is 9.99 Å². The van der Waals surface area contributed by atoms with E-state index in [1.165, 1.54) is 0 Å². The SMILES string of the molecule is Cc1cc(/C=N/NC(=O)c2ccccc2)c(C)n1-c1ccc(OCc2ccccc2C#N)cc1. The summed E-state index contributed by atoms with van der Waals surface area (Å²) in [5.74, 6) is 0.475. The molecule has 1 aromatic heterocycles. The normalized spacial score (nSPS) is 10.7. The van der Waals surface area contributed by atoms with Gasteiger partial charge in [0.05, 0.1) is 17.8 Å². The minimum absolute atomic E-state index is 0.251. The summed E-state index contributed by atoms with van der Waals surface area (Å²) in [6, 6.07) is 28.4. The zero-order valence-electron chi connectivity index (χ0n) is 19.0. The Hall–Kier alpha value is -4.63. The van der Waals surface area contributed by atoms with E-state index >= 15 is 0 Å². The second kappa shape index (κ2) is 10.3. The number of rotatable bonds is 7. The summed E-state index contributed by atoms with van der Waals surface area (Å²) in [6.45, 7) is 4.37. The van der Waals surface area contributed by atoms with Gasteiger partial charge in [-0.3, -0.25) is 4.79 Å². The molecule has 4 aromatic rings. The lowest BCUT2D eigenvalue weighted by atomic mass is 10.1. The molecule has 0 saturated carbocycles. The highest BCUT2D eigenvalue weighted by molar-refractivity contribution is 5.94. The van der Waals surface area contributed by atoms with Crippen molar-refractivity contribution in [2.45, 2.75) is 20.5 Å². The van der Waals surface area contributed by atoms with E-state index < -0.39 is 0 Å². The van der Waals surface area contributed by atoms with E-state index in [0.29, 0.717) is 17.7 Å². The quantitative estimate of drug-likeness (QED) is 0.307. The first-order valence-electron chi connectivity index (χ1n) is 10.9. The third kappa shape index (κ3) is 5.05. The fraction of sp³-hybridized carbons (Fsp3) is 0.107. The predicted molar refractivity (Wildman–Crippen MR) is 132 cm³/mol. The first-order valence-corrected chi connectivity index (χ1v) is 10.9. The highest BCUT2D eigenvalue weighted by Gasteiger charge is 2.10. The predicted octanol–water partition coefficient (Wildman–Crippen LogP) is 5.31. The highest BCUT2D eigenvalue weighted by Crippen LogP contribution is 2.23. The first kappa shape index (κ1) is 22.6. The molecule has 0 aliphatic rings. The van der Waals surface area contributed by atoms with Crippen molar-refractivity contribution in [3.63, 3.8) is 0 Å². The van der Waals surface area contributed by atoms with Gasteiger partial charge in [0.1, 0.15) is 12.4 Å². The van der Waals surface area contributed by atoms with Crippen LogP contribution in [0.15, 0.2) is 90.0 Å². The van der Waals surface area contributed by atoms with Gasteiger partial charge >= 0.3 is 0 Å². The molecule has 6 nitrogen and oxygen atoms in total. The van der Waals surface area contributed by atoms with Crippen molar-refractivity contribution in [1.29, 1.82) is 5.26 Å². The average molecular weight is 449 g/mol. The molecule has 168 valence electrons. The molecule has 0 fully saturated rings. The van der Waals surface area contributed by atoms with Gasteiger partial charge in [-0.1, -0.05) is 36.4 Å². The Morgan fingerprint density at radius 3 is 2.47 bits per heavy atom. The molecule has 0 aliphatic heterocycles. The largest absolute Gasteiger partial charge is 0.489 e. The maximum Gasteiger partial charge on any atom is 0.271 e. The lowest BCUT2D eigenvalue weighted by Gasteiger charge is -2.12. The lowest BCUT2D eigenvalue weighted by molar-refractivity contribution is 0.0955. The van der Waals surface area contributed by atoms with Crippen molar-refractivity contribution in [3.8, 4) is 17.5 Å². The Kier molecular flexibility index (Phi) is 6.85. The minimum atomic E-state index is -0.251. The fourth-order valence-electron chi connectivity index (χ4n) is 3.74. The van der Waals surface area contributed by atoms with E-state index in [1.54, 1.807) is 24.4 Å². The van der Waals surface area contributed by atoms with Crippen LogP contribution in [0.4, 0.5) is 0 Å². The number of carbonyl (C=O) groups excluding carboxylic acids is 1. The van der Waals surface area contributed by atoms with Gasteiger partial charge in [0, 0.05) is 33.8 Å². The van der Waals surface area contributed by atoms with E-state index in [2.05, 4.69) is 21.2 Å². The van der Waals surface area contributed by atoms with Crippen LogP contribution in [0.3, 0.4) is 0 Å². The molecule has 0 atom stereocenters. The molecule has 1 N–H and O–H groups in total. The number of hydrogen-bond donors (Lipinski definition) is 1. The van der Waals surface area contributed by atoms with Crippen LogP contribution in [0.2, 0.25) is 0 Å². The van der Waals surface area contributed by atoms with E-state index in [-0.39, 0.29) is 5.91 Å². The van der Waals surface area contributed by atoms with Crippen LogP contribution in [0.25, 0.3) is 5.69 Å². The zero-order valence-corrected chi connectivity index (χ0v) is 19.0. The van der Waals surface area contributed by atoms with E-state index in [1.807, 2.05) is 80.6 Å². The molecule has 0 radical (unpaired) electrons. The van der Waals surface area contributed by atoms with Gasteiger partial charge in [0.2, 0.25) is 0 Å². The molecule has 0 bridgehead atoms. The molecule has 3 aromatic carbocycles. The van der Waals surface area contributed by atoms with Gasteiger partial charge in [0.25, 0.3) is 5.91 Å². The molecule has 0 saturated heterocycles. The Balaban J connectivity index is 1.44. The van der Waals surface area contributed by atoms with E-state index in [4.69, 9.17) is 4.74 Å². The van der Waals surface area contributed by atoms with Crippen LogP contribution in [-0.2, 0) is 6.61 Å². The van der Waals surface area contributed by atoms with Crippen LogP contribution >= 0.6 is 0 Å². The molecule has 0 aliphatic carbocycles. The molecule has 1 heterocycles. The number of amides is 1. The summed E-state index contributed by atoms with van der Waals surface area (Å²) in [5, 5.41) is 13.4. The van der Waals surface area contributed by atoms with Crippen LogP contribution < -0.4 is 10.2 Å². The second-order valence-corrected chi connectivity index (χ2v) is 7.78. The number of benzene rings is 3. The highest BCUT2D eigenvalue weighted by atomic mass is 16.5. The van der Waals surface area contributed by atoms with Gasteiger partial charge in [0.15, 0.2) is 0 Å². The maximum atomic E-state index is 12.2. The average Bonchev–Trinajstić information content (AvgIpc) is 3.16. The summed E-state index contributed by atoms with van der Waals surface area (Å²) in [4.78, 5) is 12.2. The summed E-state index contributed by atoms with van der Waals surface area (Å²) in [6.07, 6.45) is 1.66. The maximum absolute atomic E-state index is 12.2. The number of nitrogens with zero attached hydrogens (tertiary/aromatic N) is 3. The van der Waals surface area contributed by atoms with Gasteiger partial charge in [-0.05, 0) is 62.4 Å². The Bertz CT molecular complexity index is 1360. The molecule has 0 spiro atoms. The minimum Gasteiger partial charge on any atom is -0.489 e. The van der Waals surface area contributed by atoms with E-state index in [9.17, 15) is 10.1 Å². The van der Waals surface area contributed by atoms with Crippen molar-refractivity contribution in [2.24, 2.45) is 5.10 Å². The van der Waals surface area contributed by atoms with E-state index in [0.717, 1.165) is 34.0 Å². The van der Waals surface area contributed by atoms with Crippen molar-refractivity contribution < 1.29 is 9.53 Å². The zero-order chi connectivity index (χ0) is 23.9. The van der Waals surface area contributed by atoms with Gasteiger partial charge in [-0.2, -0.15) is 10.4 Å². The van der Waals surface area contributed by atoms with Crippen molar-refractivity contribution in [3.05, 3.63) is 119 Å². The standard InChI is InChI=1S/C28H24N4O2/c1-20-16-25(18-30-31-28(33)22-8-4-3-5-9-22)21(2)32(20)26-12-14-27(15-13-26)34-19-24-11-7-6-10-23(24)17-29/h3-16,18H,19H2,1-2H3,(H,31,33)/b30-18+. The number of hydrazone groups is 1. The molecular weight excluding hydrogens is 424 g/mol. The van der Waals surface area contributed by atoms with Crippen LogP contribution in [0.5, 0.6) is 5.75 Å². The number of nitriles is 1. The van der Waals surface area contributed by atoms with Crippen molar-refractivity contribution >= 4 is 12.1 Å². The van der Waals surface area contributed by atoms with Crippen LogP contribution in [0.1, 0.15) is 38.4 Å². The second-order valence-electron chi connectivity index (χ2n) is 7.78. The summed E-state index contributed by atoms with van der Waals surface area (Å²) in [7, 11) is 0. The van der Waals surface area contributed by atoms with Crippen LogP contribution in [0, 0.1) is 25.2 Å². The number of carbonyl (C=O) groups is 1. The summed E-state index contributed by atoms with van der Waals surface area (Å²) < 4.78 is 8.00. The van der Waals surface area contributed by atoms with Crippen LogP contribution in [-0.4, -0.2) is 16.7 Å². The Labute approximate surface area is 198 Å². The molecule has 34 heavy (non-hydrogen) atoms. The third-order valence-corrected chi connectivity index (χ3v) is 5.50. The third-order valence-electron chi connectivity index (χ3n) is 5.50. The number of nitrogens with one attached hydrogen (secondary N) is 1. The van der Waals surface area contributed by atoms with Gasteiger partial charge < -0.3 is 9.30 Å². The summed E-state index contributed by atoms with van der Waals surface area (Å²) in [5.41, 5.74) is 8.57. The Morgan fingerprint density at radius 1 is 1.03 bits per heavy atom. The summed E-state index contributed by atoms with van der Waals surface area (Å²) >= 11 is 0. The van der Waals surface area contributed by atoms with Gasteiger partial charge in [-0.15, -0.1) is 0 Å². The number of aryl methyl sites for hydroxylation is 1.